The molecule has 1 heterocycles. The number of nitrogens with zero attached hydrogens (tertiary/aromatic N) is 2. The monoisotopic (exact) mass is 282 g/mol. The summed E-state index contributed by atoms with van der Waals surface area (Å²) < 4.78 is 42.8. The first-order chi connectivity index (χ1) is 9.49. The van der Waals surface area contributed by atoms with Gasteiger partial charge in [0.15, 0.2) is 6.29 Å². The number of ether oxygens (including phenoxy) is 1. The van der Waals surface area contributed by atoms with E-state index in [1.54, 1.807) is 0 Å². The zero-order valence-corrected chi connectivity index (χ0v) is 10.1. The summed E-state index contributed by atoms with van der Waals surface area (Å²) >= 11 is 0. The summed E-state index contributed by atoms with van der Waals surface area (Å²) in [6, 6.07) is 4.82. The van der Waals surface area contributed by atoms with Crippen molar-refractivity contribution in [1.29, 1.82) is 0 Å². The highest BCUT2D eigenvalue weighted by molar-refractivity contribution is 5.70. The van der Waals surface area contributed by atoms with Crippen LogP contribution in [0.5, 0.6) is 5.88 Å². The maximum absolute atomic E-state index is 12.5. The molecule has 0 aliphatic carbocycles. The van der Waals surface area contributed by atoms with E-state index >= 15 is 0 Å². The Hall–Kier alpha value is -2.44. The lowest BCUT2D eigenvalue weighted by Crippen LogP contribution is -2.06. The van der Waals surface area contributed by atoms with E-state index in [4.69, 9.17) is 4.74 Å². The first kappa shape index (κ1) is 14.0. The second-order valence-corrected chi connectivity index (χ2v) is 3.88. The van der Waals surface area contributed by atoms with Gasteiger partial charge in [0, 0.05) is 0 Å². The Kier molecular flexibility index (Phi) is 3.97. The SMILES string of the molecule is O=Cc1cnc(OCc2cccc(C(F)(F)F)c2)cn1. The summed E-state index contributed by atoms with van der Waals surface area (Å²) in [4.78, 5) is 17.9. The highest BCUT2D eigenvalue weighted by Crippen LogP contribution is 2.29. The first-order valence-corrected chi connectivity index (χ1v) is 5.55. The highest BCUT2D eigenvalue weighted by Gasteiger charge is 2.30. The molecule has 2 rings (SSSR count). The summed E-state index contributed by atoms with van der Waals surface area (Å²) in [5.41, 5.74) is -0.224. The molecule has 0 amide bonds. The molecule has 0 atom stereocenters. The van der Waals surface area contributed by atoms with Gasteiger partial charge in [0.1, 0.15) is 12.3 Å². The van der Waals surface area contributed by atoms with Gasteiger partial charge >= 0.3 is 6.18 Å². The Labute approximate surface area is 112 Å². The number of aldehydes is 1. The van der Waals surface area contributed by atoms with Gasteiger partial charge in [-0.15, -0.1) is 0 Å². The number of hydrogen-bond donors (Lipinski definition) is 0. The number of alkyl halides is 3. The molecule has 0 radical (unpaired) electrons. The number of carbonyl (C=O) groups is 1. The van der Waals surface area contributed by atoms with Crippen LogP contribution in [0.3, 0.4) is 0 Å². The molecule has 0 unspecified atom stereocenters. The molecular weight excluding hydrogens is 273 g/mol. The first-order valence-electron chi connectivity index (χ1n) is 5.55. The molecule has 0 fully saturated rings. The molecule has 0 spiro atoms. The average Bonchev–Trinajstić information content (AvgIpc) is 2.45. The van der Waals surface area contributed by atoms with Crippen LogP contribution < -0.4 is 4.74 Å². The van der Waals surface area contributed by atoms with Crippen LogP contribution >= 0.6 is 0 Å². The fourth-order valence-electron chi connectivity index (χ4n) is 1.46. The third-order valence-electron chi connectivity index (χ3n) is 2.41. The van der Waals surface area contributed by atoms with E-state index in [2.05, 4.69) is 9.97 Å². The molecule has 0 aliphatic rings. The topological polar surface area (TPSA) is 52.1 Å². The molecule has 1 aromatic carbocycles. The Morgan fingerprint density at radius 2 is 2.00 bits per heavy atom. The highest BCUT2D eigenvalue weighted by atomic mass is 19.4. The average molecular weight is 282 g/mol. The zero-order chi connectivity index (χ0) is 14.6. The molecule has 4 nitrogen and oxygen atoms in total. The van der Waals surface area contributed by atoms with E-state index in [1.807, 2.05) is 0 Å². The molecule has 0 saturated heterocycles. The number of halogens is 3. The van der Waals surface area contributed by atoms with E-state index in [9.17, 15) is 18.0 Å². The quantitative estimate of drug-likeness (QED) is 0.809. The van der Waals surface area contributed by atoms with Gasteiger partial charge in [-0.3, -0.25) is 4.79 Å². The Morgan fingerprint density at radius 3 is 2.60 bits per heavy atom. The van der Waals surface area contributed by atoms with Gasteiger partial charge in [-0.1, -0.05) is 12.1 Å². The van der Waals surface area contributed by atoms with Crippen LogP contribution in [0.2, 0.25) is 0 Å². The van der Waals surface area contributed by atoms with Crippen LogP contribution in [-0.2, 0) is 12.8 Å². The number of aromatic nitrogens is 2. The fourth-order valence-corrected chi connectivity index (χ4v) is 1.46. The van der Waals surface area contributed by atoms with Crippen molar-refractivity contribution in [3.05, 3.63) is 53.5 Å². The largest absolute Gasteiger partial charge is 0.472 e. The molecule has 20 heavy (non-hydrogen) atoms. The standard InChI is InChI=1S/C13H9F3N2O2/c14-13(15,16)10-3-1-2-9(4-10)8-20-12-6-17-11(7-19)5-18-12/h1-7H,8H2. The van der Waals surface area contributed by atoms with Gasteiger partial charge < -0.3 is 4.74 Å². The molecule has 0 N–H and O–H groups in total. The number of carbonyl (C=O) groups excluding carboxylic acids is 1. The van der Waals surface area contributed by atoms with Crippen LogP contribution in [0.1, 0.15) is 21.6 Å². The van der Waals surface area contributed by atoms with Gasteiger partial charge in [-0.05, 0) is 17.7 Å². The fraction of sp³-hybridized carbons (Fsp3) is 0.154. The van der Waals surface area contributed by atoms with Gasteiger partial charge in [-0.25, -0.2) is 9.97 Å². The van der Waals surface area contributed by atoms with Crippen molar-refractivity contribution in [2.75, 3.05) is 0 Å². The molecular formula is C13H9F3N2O2. The lowest BCUT2D eigenvalue weighted by atomic mass is 10.1. The minimum absolute atomic E-state index is 0.0704. The van der Waals surface area contributed by atoms with Crippen molar-refractivity contribution in [2.45, 2.75) is 12.8 Å². The summed E-state index contributed by atoms with van der Waals surface area (Å²) in [5.74, 6) is 0.132. The Balaban J connectivity index is 2.05. The number of rotatable bonds is 4. The lowest BCUT2D eigenvalue weighted by molar-refractivity contribution is -0.137. The van der Waals surface area contributed by atoms with Gasteiger partial charge in [0.05, 0.1) is 18.0 Å². The molecule has 0 saturated carbocycles. The third kappa shape index (κ3) is 3.53. The maximum atomic E-state index is 12.5. The van der Waals surface area contributed by atoms with Crippen LogP contribution in [0.4, 0.5) is 13.2 Å². The van der Waals surface area contributed by atoms with Crippen molar-refractivity contribution in [3.8, 4) is 5.88 Å². The molecule has 0 bridgehead atoms. The van der Waals surface area contributed by atoms with E-state index < -0.39 is 11.7 Å². The molecule has 1 aromatic heterocycles. The molecule has 104 valence electrons. The summed E-state index contributed by atoms with van der Waals surface area (Å²) in [6.45, 7) is -0.0704. The predicted octanol–water partition coefficient (Wildman–Crippen LogP) is 2.89. The van der Waals surface area contributed by atoms with Crippen LogP contribution in [0.15, 0.2) is 36.7 Å². The number of benzene rings is 1. The summed E-state index contributed by atoms with van der Waals surface area (Å²) in [7, 11) is 0. The molecule has 0 aliphatic heterocycles. The normalized spacial score (nSPS) is 11.2. The lowest BCUT2D eigenvalue weighted by Gasteiger charge is -2.09. The maximum Gasteiger partial charge on any atom is 0.416 e. The van der Waals surface area contributed by atoms with Crippen LogP contribution in [-0.4, -0.2) is 16.3 Å². The van der Waals surface area contributed by atoms with Crippen molar-refractivity contribution < 1.29 is 22.7 Å². The van der Waals surface area contributed by atoms with Crippen molar-refractivity contribution in [1.82, 2.24) is 9.97 Å². The minimum Gasteiger partial charge on any atom is -0.472 e. The molecule has 7 heteroatoms. The second-order valence-electron chi connectivity index (χ2n) is 3.88. The third-order valence-corrected chi connectivity index (χ3v) is 2.41. The zero-order valence-electron chi connectivity index (χ0n) is 10.1. The molecule has 2 aromatic rings. The van der Waals surface area contributed by atoms with E-state index in [1.165, 1.54) is 24.5 Å². The Bertz CT molecular complexity index is 597. The van der Waals surface area contributed by atoms with Gasteiger partial charge in [-0.2, -0.15) is 13.2 Å². The van der Waals surface area contributed by atoms with E-state index in [-0.39, 0.29) is 18.2 Å². The van der Waals surface area contributed by atoms with Gasteiger partial charge in [0.25, 0.3) is 0 Å². The smallest absolute Gasteiger partial charge is 0.416 e. The van der Waals surface area contributed by atoms with E-state index in [0.29, 0.717) is 11.8 Å². The Morgan fingerprint density at radius 1 is 1.20 bits per heavy atom. The van der Waals surface area contributed by atoms with Crippen molar-refractivity contribution in [3.63, 3.8) is 0 Å². The van der Waals surface area contributed by atoms with Gasteiger partial charge in [0.2, 0.25) is 5.88 Å². The van der Waals surface area contributed by atoms with Crippen LogP contribution in [0, 0.1) is 0 Å². The van der Waals surface area contributed by atoms with Crippen LogP contribution in [0.25, 0.3) is 0 Å². The summed E-state index contributed by atoms with van der Waals surface area (Å²) in [5, 5.41) is 0. The van der Waals surface area contributed by atoms with Crippen molar-refractivity contribution in [2.24, 2.45) is 0 Å². The summed E-state index contributed by atoms with van der Waals surface area (Å²) in [6.07, 6.45) is -1.41. The predicted molar refractivity (Wildman–Crippen MR) is 63.2 cm³/mol. The second kappa shape index (κ2) is 5.68. The van der Waals surface area contributed by atoms with Crippen molar-refractivity contribution >= 4 is 6.29 Å². The van der Waals surface area contributed by atoms with E-state index in [0.717, 1.165) is 12.1 Å². The number of hydrogen-bond acceptors (Lipinski definition) is 4. The minimum atomic E-state index is -4.39.